The molecule has 2 aliphatic rings. The lowest BCUT2D eigenvalue weighted by Crippen LogP contribution is -2.48. The van der Waals surface area contributed by atoms with Crippen LogP contribution in [0.3, 0.4) is 0 Å². The van der Waals surface area contributed by atoms with E-state index in [4.69, 9.17) is 4.74 Å². The number of halogens is 1. The predicted molar refractivity (Wildman–Crippen MR) is 151 cm³/mol. The molecule has 2 saturated heterocycles. The van der Waals surface area contributed by atoms with Gasteiger partial charge in [-0.3, -0.25) is 24.4 Å². The van der Waals surface area contributed by atoms with Crippen LogP contribution in [-0.2, 0) is 13.1 Å². The minimum absolute atomic E-state index is 0.0786. The first-order valence-corrected chi connectivity index (χ1v) is 13.8. The third-order valence-corrected chi connectivity index (χ3v) is 7.71. The minimum Gasteiger partial charge on any atom is -0.497 e. The number of nitrogens with one attached hydrogen (secondary N) is 1. The number of piperazine rings is 1. The van der Waals surface area contributed by atoms with Gasteiger partial charge in [0, 0.05) is 64.6 Å². The van der Waals surface area contributed by atoms with Crippen molar-refractivity contribution in [3.8, 4) is 5.75 Å². The highest BCUT2D eigenvalue weighted by Crippen LogP contribution is 2.17. The lowest BCUT2D eigenvalue weighted by molar-refractivity contribution is 0.0627. The van der Waals surface area contributed by atoms with Gasteiger partial charge in [0.2, 0.25) is 0 Å². The van der Waals surface area contributed by atoms with E-state index in [1.54, 1.807) is 31.4 Å². The number of carbonyl (C=O) groups is 2. The molecule has 0 spiro atoms. The van der Waals surface area contributed by atoms with Crippen LogP contribution in [0.15, 0.2) is 66.9 Å². The molecule has 0 bridgehead atoms. The SMILES string of the molecule is COc1ccc(CN2CCC(NC(=O)c3ccc(C(=O)N4CCN(Cc5ccc(F)cc5)CC4)cn3)CC2)cc1. The van der Waals surface area contributed by atoms with Gasteiger partial charge in [-0.15, -0.1) is 0 Å². The van der Waals surface area contributed by atoms with Crippen LogP contribution in [0.25, 0.3) is 0 Å². The first-order chi connectivity index (χ1) is 19.5. The van der Waals surface area contributed by atoms with Gasteiger partial charge in [-0.05, 0) is 60.4 Å². The van der Waals surface area contributed by atoms with Crippen molar-refractivity contribution in [1.82, 2.24) is 25.0 Å². The predicted octanol–water partition coefficient (Wildman–Crippen LogP) is 3.58. The number of hydrogen-bond donors (Lipinski definition) is 1. The molecule has 9 heteroatoms. The van der Waals surface area contributed by atoms with Crippen molar-refractivity contribution in [2.24, 2.45) is 0 Å². The molecule has 0 aliphatic carbocycles. The Labute approximate surface area is 234 Å². The highest BCUT2D eigenvalue weighted by atomic mass is 19.1. The largest absolute Gasteiger partial charge is 0.497 e. The Kier molecular flexibility index (Phi) is 9.03. The van der Waals surface area contributed by atoms with Crippen molar-refractivity contribution in [2.75, 3.05) is 46.4 Å². The molecule has 1 N–H and O–H groups in total. The quantitative estimate of drug-likeness (QED) is 0.466. The number of methoxy groups -OCH3 is 1. The number of pyridine rings is 1. The topological polar surface area (TPSA) is 78.0 Å². The zero-order valence-corrected chi connectivity index (χ0v) is 22.9. The van der Waals surface area contributed by atoms with Gasteiger partial charge in [-0.1, -0.05) is 24.3 Å². The number of ether oxygens (including phenoxy) is 1. The molecule has 2 fully saturated rings. The summed E-state index contributed by atoms with van der Waals surface area (Å²) in [4.78, 5) is 36.6. The van der Waals surface area contributed by atoms with Gasteiger partial charge in [-0.25, -0.2) is 4.39 Å². The summed E-state index contributed by atoms with van der Waals surface area (Å²) in [6.45, 7) is 6.15. The maximum Gasteiger partial charge on any atom is 0.270 e. The Morgan fingerprint density at radius 3 is 2.02 bits per heavy atom. The van der Waals surface area contributed by atoms with Gasteiger partial charge in [0.15, 0.2) is 0 Å². The maximum absolute atomic E-state index is 13.1. The molecule has 8 nitrogen and oxygen atoms in total. The lowest BCUT2D eigenvalue weighted by atomic mass is 10.0. The van der Waals surface area contributed by atoms with Gasteiger partial charge in [0.1, 0.15) is 17.3 Å². The molecule has 1 aromatic heterocycles. The molecule has 40 heavy (non-hydrogen) atoms. The standard InChI is InChI=1S/C31H36FN5O3/c1-40-28-9-4-24(5-10-28)21-35-14-12-27(13-15-35)34-30(38)29-11-6-25(20-33-29)31(39)37-18-16-36(17-19-37)22-23-2-7-26(32)8-3-23/h2-11,20,27H,12-19,21-22H2,1H3,(H,34,38). The fourth-order valence-electron chi connectivity index (χ4n) is 5.28. The number of likely N-dealkylation sites (tertiary alicyclic amines) is 1. The van der Waals surface area contributed by atoms with Gasteiger partial charge < -0.3 is 15.0 Å². The molecule has 0 radical (unpaired) electrons. The second-order valence-electron chi connectivity index (χ2n) is 10.5. The smallest absolute Gasteiger partial charge is 0.270 e. The molecule has 0 unspecified atom stereocenters. The molecule has 3 aromatic rings. The van der Waals surface area contributed by atoms with Crippen LogP contribution in [0.2, 0.25) is 0 Å². The summed E-state index contributed by atoms with van der Waals surface area (Å²) in [6.07, 6.45) is 3.26. The zero-order chi connectivity index (χ0) is 27.9. The molecule has 5 rings (SSSR count). The summed E-state index contributed by atoms with van der Waals surface area (Å²) < 4.78 is 18.4. The van der Waals surface area contributed by atoms with E-state index in [2.05, 4.69) is 32.2 Å². The fraction of sp³-hybridized carbons (Fsp3) is 0.387. The van der Waals surface area contributed by atoms with Crippen LogP contribution >= 0.6 is 0 Å². The van der Waals surface area contributed by atoms with E-state index in [1.807, 2.05) is 17.0 Å². The molecule has 2 amide bonds. The number of benzene rings is 2. The molecule has 2 aliphatic heterocycles. The van der Waals surface area contributed by atoms with E-state index in [0.717, 1.165) is 63.4 Å². The van der Waals surface area contributed by atoms with Crippen molar-refractivity contribution < 1.29 is 18.7 Å². The van der Waals surface area contributed by atoms with Gasteiger partial charge in [0.05, 0.1) is 12.7 Å². The zero-order valence-electron chi connectivity index (χ0n) is 22.9. The number of piperidine rings is 1. The van der Waals surface area contributed by atoms with Crippen LogP contribution < -0.4 is 10.1 Å². The second kappa shape index (κ2) is 13.0. The number of carbonyl (C=O) groups excluding carboxylic acids is 2. The Morgan fingerprint density at radius 2 is 1.45 bits per heavy atom. The Balaban J connectivity index is 1.05. The first kappa shape index (κ1) is 27.7. The van der Waals surface area contributed by atoms with Gasteiger partial charge in [0.25, 0.3) is 11.8 Å². The number of nitrogens with zero attached hydrogens (tertiary/aromatic N) is 4. The summed E-state index contributed by atoms with van der Waals surface area (Å²) >= 11 is 0. The summed E-state index contributed by atoms with van der Waals surface area (Å²) in [5, 5.41) is 3.11. The highest BCUT2D eigenvalue weighted by molar-refractivity contribution is 5.96. The summed E-state index contributed by atoms with van der Waals surface area (Å²) in [7, 11) is 1.67. The van der Waals surface area contributed by atoms with E-state index in [-0.39, 0.29) is 23.7 Å². The summed E-state index contributed by atoms with van der Waals surface area (Å²) in [5.41, 5.74) is 3.10. The highest BCUT2D eigenvalue weighted by Gasteiger charge is 2.24. The molecule has 0 atom stereocenters. The van der Waals surface area contributed by atoms with Crippen molar-refractivity contribution in [3.05, 3.63) is 95.1 Å². The van der Waals surface area contributed by atoms with Crippen molar-refractivity contribution >= 4 is 11.8 Å². The van der Waals surface area contributed by atoms with E-state index < -0.39 is 0 Å². The van der Waals surface area contributed by atoms with Crippen LogP contribution in [-0.4, -0.2) is 83.9 Å². The molecular weight excluding hydrogens is 509 g/mol. The monoisotopic (exact) mass is 545 g/mol. The molecular formula is C31H36FN5O3. The Morgan fingerprint density at radius 1 is 0.850 bits per heavy atom. The van der Waals surface area contributed by atoms with Crippen LogP contribution in [0.4, 0.5) is 4.39 Å². The van der Waals surface area contributed by atoms with Crippen LogP contribution in [0, 0.1) is 5.82 Å². The average Bonchev–Trinajstić information content (AvgIpc) is 3.00. The summed E-state index contributed by atoms with van der Waals surface area (Å²) in [5.74, 6) is 0.333. The van der Waals surface area contributed by atoms with Crippen LogP contribution in [0.1, 0.15) is 44.8 Å². The number of hydrogen-bond acceptors (Lipinski definition) is 6. The van der Waals surface area contributed by atoms with Crippen molar-refractivity contribution in [1.29, 1.82) is 0 Å². The maximum atomic E-state index is 13.1. The lowest BCUT2D eigenvalue weighted by Gasteiger charge is -2.34. The third kappa shape index (κ3) is 7.22. The summed E-state index contributed by atoms with van der Waals surface area (Å²) in [6, 6.07) is 18.1. The number of aromatic nitrogens is 1. The van der Waals surface area contributed by atoms with E-state index in [9.17, 15) is 14.0 Å². The fourth-order valence-corrected chi connectivity index (χ4v) is 5.28. The first-order valence-electron chi connectivity index (χ1n) is 13.8. The third-order valence-electron chi connectivity index (χ3n) is 7.71. The second-order valence-corrected chi connectivity index (χ2v) is 10.5. The van der Waals surface area contributed by atoms with Crippen molar-refractivity contribution in [2.45, 2.75) is 32.0 Å². The van der Waals surface area contributed by atoms with E-state index >= 15 is 0 Å². The van der Waals surface area contributed by atoms with Crippen molar-refractivity contribution in [3.63, 3.8) is 0 Å². The normalized spacial score (nSPS) is 17.0. The van der Waals surface area contributed by atoms with Gasteiger partial charge in [-0.2, -0.15) is 0 Å². The molecule has 3 heterocycles. The molecule has 210 valence electrons. The van der Waals surface area contributed by atoms with Crippen LogP contribution in [0.5, 0.6) is 5.75 Å². The van der Waals surface area contributed by atoms with E-state index in [1.165, 1.54) is 23.9 Å². The molecule has 0 saturated carbocycles. The minimum atomic E-state index is -0.238. The number of amides is 2. The number of rotatable bonds is 8. The average molecular weight is 546 g/mol. The van der Waals surface area contributed by atoms with Gasteiger partial charge >= 0.3 is 0 Å². The Hall–Kier alpha value is -3.82. The van der Waals surface area contributed by atoms with E-state index in [0.29, 0.717) is 24.3 Å². The Bertz CT molecular complexity index is 1270. The molecule has 2 aromatic carbocycles.